The molecule has 0 spiro atoms. The fraction of sp³-hybridized carbons (Fsp3) is 0.407. The minimum Gasteiger partial charge on any atom is -0.444 e. The minimum absolute atomic E-state index is 0.319. The zero-order valence-corrected chi connectivity index (χ0v) is 27.2. The van der Waals surface area contributed by atoms with Gasteiger partial charge in [0.1, 0.15) is 23.6 Å². The smallest absolute Gasteiger partial charge is 0.410 e. The molecule has 5 rings (SSSR count). The molecule has 1 atom stereocenters. The molecule has 10 nitrogen and oxygen atoms in total. The van der Waals surface area contributed by atoms with Gasteiger partial charge < -0.3 is 24.5 Å². The van der Waals surface area contributed by atoms with Gasteiger partial charge in [0.25, 0.3) is 0 Å². The van der Waals surface area contributed by atoms with Gasteiger partial charge in [-0.1, -0.05) is 17.7 Å². The van der Waals surface area contributed by atoms with E-state index in [1.165, 1.54) is 0 Å². The largest absolute Gasteiger partial charge is 0.444 e. The van der Waals surface area contributed by atoms with Gasteiger partial charge in [0.05, 0.1) is 22.5 Å². The van der Waals surface area contributed by atoms with Crippen molar-refractivity contribution < 1.29 is 14.1 Å². The Labute approximate surface area is 240 Å². The van der Waals surface area contributed by atoms with Gasteiger partial charge in [-0.25, -0.2) is 14.8 Å². The van der Waals surface area contributed by atoms with Gasteiger partial charge in [-0.3, -0.25) is 4.40 Å². The number of amides is 1. The van der Waals surface area contributed by atoms with E-state index in [1.807, 2.05) is 26.8 Å². The molecule has 2 N–H and O–H groups in total. The number of ether oxygens (including phenoxy) is 1. The second-order valence-electron chi connectivity index (χ2n) is 12.0. The van der Waals surface area contributed by atoms with E-state index >= 15 is 0 Å². The summed E-state index contributed by atoms with van der Waals surface area (Å²) < 4.78 is 20.6. The van der Waals surface area contributed by atoms with Crippen LogP contribution in [-0.4, -0.2) is 77.8 Å². The SMILES string of the molecule is CC(C)(C)OC(=O)N1CCC[C@@]([SiH3])(Nc2nc(-c3c[nH]c4c(P(C)(C)=O)c(C#N)ccc34)c(Cl)n3ccnc23)C1. The summed E-state index contributed by atoms with van der Waals surface area (Å²) >= 11 is 6.89. The second-order valence-corrected chi connectivity index (χ2v) is 17.4. The van der Waals surface area contributed by atoms with E-state index in [-0.39, 0.29) is 11.3 Å². The normalized spacial score (nSPS) is 18.3. The molecule has 3 aromatic heterocycles. The Morgan fingerprint density at radius 3 is 2.77 bits per heavy atom. The first-order chi connectivity index (χ1) is 18.7. The molecule has 0 bridgehead atoms. The van der Waals surface area contributed by atoms with Crippen LogP contribution in [0.4, 0.5) is 10.6 Å². The average Bonchev–Trinajstić information content (AvgIpc) is 3.51. The molecule has 1 saturated heterocycles. The molecule has 0 saturated carbocycles. The Hall–Kier alpha value is -3.32. The number of H-pyrrole nitrogens is 1. The maximum absolute atomic E-state index is 13.2. The number of carbonyl (C=O) groups is 1. The van der Waals surface area contributed by atoms with Crippen LogP contribution in [0, 0.1) is 11.3 Å². The summed E-state index contributed by atoms with van der Waals surface area (Å²) in [5, 5.41) is 14.6. The summed E-state index contributed by atoms with van der Waals surface area (Å²) in [6, 6.07) is 5.69. The van der Waals surface area contributed by atoms with Crippen molar-refractivity contribution in [1.29, 1.82) is 5.26 Å². The van der Waals surface area contributed by atoms with Gasteiger partial charge in [-0.2, -0.15) is 5.26 Å². The van der Waals surface area contributed by atoms with Crippen molar-refractivity contribution >= 4 is 62.8 Å². The third-order valence-corrected chi connectivity index (χ3v) is 9.96. The lowest BCUT2D eigenvalue weighted by atomic mass is 10.0. The van der Waals surface area contributed by atoms with Crippen LogP contribution in [0.15, 0.2) is 30.7 Å². The van der Waals surface area contributed by atoms with Crippen LogP contribution in [0.3, 0.4) is 0 Å². The monoisotopic (exact) mass is 597 g/mol. The molecule has 4 heterocycles. The number of fused-ring (bicyclic) bond motifs is 2. The zero-order valence-electron chi connectivity index (χ0n) is 23.5. The Bertz CT molecular complexity index is 1730. The highest BCUT2D eigenvalue weighted by molar-refractivity contribution is 7.70. The summed E-state index contributed by atoms with van der Waals surface area (Å²) in [7, 11) is -2.04. The average molecular weight is 598 g/mol. The first-order valence-corrected chi connectivity index (χ1v) is 17.1. The number of hydrogen-bond donors (Lipinski definition) is 2. The van der Waals surface area contributed by atoms with Crippen molar-refractivity contribution in [2.75, 3.05) is 31.7 Å². The van der Waals surface area contributed by atoms with Gasteiger partial charge in [0.15, 0.2) is 11.5 Å². The summed E-state index contributed by atoms with van der Waals surface area (Å²) in [4.78, 5) is 27.3. The summed E-state index contributed by atoms with van der Waals surface area (Å²) in [6.45, 7) is 10.0. The maximum Gasteiger partial charge on any atom is 0.410 e. The molecule has 1 fully saturated rings. The fourth-order valence-corrected chi connectivity index (χ4v) is 8.03. The minimum atomic E-state index is -2.78. The lowest BCUT2D eigenvalue weighted by Gasteiger charge is -2.41. The van der Waals surface area contributed by atoms with Gasteiger partial charge in [-0.05, 0) is 53.0 Å². The van der Waals surface area contributed by atoms with Crippen molar-refractivity contribution in [2.24, 2.45) is 0 Å². The molecule has 1 aliphatic rings. The van der Waals surface area contributed by atoms with E-state index in [2.05, 4.69) is 21.4 Å². The highest BCUT2D eigenvalue weighted by Gasteiger charge is 2.36. The van der Waals surface area contributed by atoms with Crippen LogP contribution in [0.25, 0.3) is 27.8 Å². The van der Waals surface area contributed by atoms with Crippen LogP contribution in [0.1, 0.15) is 39.2 Å². The maximum atomic E-state index is 13.2. The lowest BCUT2D eigenvalue weighted by Crippen LogP contribution is -2.56. The number of nitrogens with zero attached hydrogens (tertiary/aromatic N) is 5. The number of piperidine rings is 1. The molecule has 0 unspecified atom stereocenters. The zero-order chi connectivity index (χ0) is 29.0. The number of aromatic nitrogens is 4. The van der Waals surface area contributed by atoms with E-state index in [0.29, 0.717) is 51.8 Å². The number of imidazole rings is 1. The van der Waals surface area contributed by atoms with Crippen LogP contribution in [-0.2, 0) is 9.30 Å². The van der Waals surface area contributed by atoms with E-state index in [4.69, 9.17) is 21.3 Å². The molecular weight excluding hydrogens is 565 g/mol. The predicted octanol–water partition coefficient (Wildman–Crippen LogP) is 4.16. The number of nitrogens with one attached hydrogen (secondary N) is 2. The van der Waals surface area contributed by atoms with Gasteiger partial charge in [0, 0.05) is 58.0 Å². The first-order valence-electron chi connectivity index (χ1n) is 13.1. The topological polar surface area (TPSA) is 128 Å². The van der Waals surface area contributed by atoms with Crippen LogP contribution >= 0.6 is 18.7 Å². The molecule has 0 aliphatic carbocycles. The summed E-state index contributed by atoms with van der Waals surface area (Å²) in [5.74, 6) is 0.560. The Balaban J connectivity index is 1.58. The molecule has 4 aromatic rings. The third-order valence-electron chi connectivity index (χ3n) is 6.99. The first kappa shape index (κ1) is 28.2. The number of nitriles is 1. The highest BCUT2D eigenvalue weighted by atomic mass is 35.5. The summed E-state index contributed by atoms with van der Waals surface area (Å²) in [6.07, 6.45) is 6.63. The molecule has 13 heteroatoms. The van der Waals surface area contributed by atoms with Crippen molar-refractivity contribution in [1.82, 2.24) is 24.3 Å². The van der Waals surface area contributed by atoms with Crippen molar-refractivity contribution in [3.05, 3.63) is 41.4 Å². The molecule has 0 radical (unpaired) electrons. The number of carbonyl (C=O) groups excluding carboxylic acids is 1. The number of hydrogen-bond acceptors (Lipinski definition) is 7. The molecular formula is C27H33ClN7O3PSi. The third kappa shape index (κ3) is 5.23. The number of aromatic amines is 1. The van der Waals surface area contributed by atoms with Crippen molar-refractivity contribution in [3.63, 3.8) is 0 Å². The summed E-state index contributed by atoms with van der Waals surface area (Å²) in [5.41, 5.74) is 2.27. The molecule has 1 aliphatic heterocycles. The van der Waals surface area contributed by atoms with E-state index in [9.17, 15) is 14.6 Å². The Morgan fingerprint density at radius 2 is 2.10 bits per heavy atom. The lowest BCUT2D eigenvalue weighted by molar-refractivity contribution is 0.0191. The highest BCUT2D eigenvalue weighted by Crippen LogP contribution is 2.42. The standard InChI is InChI=1S/C27H33ClN7O3PSi/c1-26(2,3)38-25(36)34-11-6-9-27(40,15-34)33-23-24-30-10-12-35(24)22(28)20(32-23)18-14-31-19-17(18)8-7-16(13-29)21(19)39(4,5)37/h7-8,10,12,14,31H,6,9,11,15H2,1-5,40H3,(H,32,33)/t27-/m0/s1. The van der Waals surface area contributed by atoms with Gasteiger partial charge >= 0.3 is 6.09 Å². The molecule has 1 aromatic carbocycles. The quantitative estimate of drug-likeness (QED) is 0.267. The number of anilines is 1. The number of rotatable bonds is 4. The predicted molar refractivity (Wildman–Crippen MR) is 162 cm³/mol. The van der Waals surface area contributed by atoms with E-state index < -0.39 is 12.7 Å². The number of likely N-dealkylation sites (tertiary alicyclic amines) is 1. The van der Waals surface area contributed by atoms with Crippen LogP contribution < -0.4 is 10.6 Å². The Kier molecular flexibility index (Phi) is 7.02. The molecule has 210 valence electrons. The van der Waals surface area contributed by atoms with E-state index in [1.54, 1.807) is 47.3 Å². The van der Waals surface area contributed by atoms with Crippen LogP contribution in [0.2, 0.25) is 5.15 Å². The van der Waals surface area contributed by atoms with Crippen LogP contribution in [0.5, 0.6) is 0 Å². The van der Waals surface area contributed by atoms with Crippen molar-refractivity contribution in [3.8, 4) is 17.3 Å². The van der Waals surface area contributed by atoms with Crippen molar-refractivity contribution in [2.45, 2.75) is 44.4 Å². The van der Waals surface area contributed by atoms with Gasteiger partial charge in [0.2, 0.25) is 0 Å². The number of benzene rings is 1. The van der Waals surface area contributed by atoms with Gasteiger partial charge in [-0.15, -0.1) is 0 Å². The second kappa shape index (κ2) is 9.95. The molecule has 40 heavy (non-hydrogen) atoms. The Morgan fingerprint density at radius 1 is 1.35 bits per heavy atom. The molecule has 1 amide bonds. The van der Waals surface area contributed by atoms with E-state index in [0.717, 1.165) is 34.0 Å². The fourth-order valence-electron chi connectivity index (χ4n) is 5.35. The number of halogens is 1.